The van der Waals surface area contributed by atoms with E-state index in [1.165, 1.54) is 12.3 Å². The van der Waals surface area contributed by atoms with Crippen molar-refractivity contribution < 1.29 is 53.8 Å². The molecular formula is C19H26N6O12. The van der Waals surface area contributed by atoms with E-state index in [0.29, 0.717) is 0 Å². The third kappa shape index (κ3) is 5.07. The first kappa shape index (κ1) is 26.7. The SMILES string of the molecule is NC(=O)NC1C(OC2OC(C(=O)O)CC(N)C2O)C(C(=O)O)OC2C(O)C(n3ccc(N)nc3=O)OC12. The van der Waals surface area contributed by atoms with Gasteiger partial charge in [0, 0.05) is 18.7 Å². The first-order chi connectivity index (χ1) is 17.4. The Labute approximate surface area is 206 Å². The number of urea groups is 1. The molecule has 3 aliphatic rings. The van der Waals surface area contributed by atoms with Gasteiger partial charge in [0.15, 0.2) is 24.7 Å². The van der Waals surface area contributed by atoms with Crippen LogP contribution in [0, 0.1) is 0 Å². The van der Waals surface area contributed by atoms with Crippen molar-refractivity contribution in [1.29, 1.82) is 0 Å². The molecule has 0 radical (unpaired) electrons. The summed E-state index contributed by atoms with van der Waals surface area (Å²) < 4.78 is 23.2. The summed E-state index contributed by atoms with van der Waals surface area (Å²) in [5.74, 6) is -3.10. The normalized spacial score (nSPS) is 39.5. The number of amides is 2. The van der Waals surface area contributed by atoms with Gasteiger partial charge in [-0.15, -0.1) is 0 Å². The number of carbonyl (C=O) groups is 3. The van der Waals surface area contributed by atoms with Gasteiger partial charge in [0.2, 0.25) is 0 Å². The summed E-state index contributed by atoms with van der Waals surface area (Å²) in [7, 11) is 0. The van der Waals surface area contributed by atoms with Gasteiger partial charge in [0.1, 0.15) is 36.3 Å². The van der Waals surface area contributed by atoms with Crippen LogP contribution in [0.5, 0.6) is 0 Å². The van der Waals surface area contributed by atoms with Crippen LogP contribution in [0.2, 0.25) is 0 Å². The number of nitrogens with two attached hydrogens (primary N) is 3. The molecule has 0 bridgehead atoms. The van der Waals surface area contributed by atoms with Crippen LogP contribution < -0.4 is 28.2 Å². The third-order valence-corrected chi connectivity index (χ3v) is 6.31. The minimum Gasteiger partial charge on any atom is -0.479 e. The molecule has 3 fully saturated rings. The van der Waals surface area contributed by atoms with Gasteiger partial charge in [-0.25, -0.2) is 19.2 Å². The van der Waals surface area contributed by atoms with Crippen LogP contribution in [0.25, 0.3) is 0 Å². The Morgan fingerprint density at radius 1 is 1.11 bits per heavy atom. The molecule has 11 N–H and O–H groups in total. The fourth-order valence-electron chi connectivity index (χ4n) is 4.59. The Bertz CT molecular complexity index is 1120. The molecule has 204 valence electrons. The van der Waals surface area contributed by atoms with E-state index in [1.54, 1.807) is 0 Å². The lowest BCUT2D eigenvalue weighted by atomic mass is 9.90. The molecule has 1 aromatic heterocycles. The number of nitrogens with zero attached hydrogens (tertiary/aromatic N) is 2. The van der Waals surface area contributed by atoms with Crippen LogP contribution in [0.15, 0.2) is 17.1 Å². The van der Waals surface area contributed by atoms with Crippen molar-refractivity contribution in [1.82, 2.24) is 14.9 Å². The molecule has 0 aromatic carbocycles. The molecule has 1 aromatic rings. The van der Waals surface area contributed by atoms with Gasteiger partial charge in [-0.2, -0.15) is 4.98 Å². The van der Waals surface area contributed by atoms with Crippen molar-refractivity contribution in [2.45, 2.75) is 73.8 Å². The summed E-state index contributed by atoms with van der Waals surface area (Å²) in [5.41, 5.74) is 15.7. The van der Waals surface area contributed by atoms with Crippen molar-refractivity contribution in [3.63, 3.8) is 0 Å². The maximum absolute atomic E-state index is 12.3. The highest BCUT2D eigenvalue weighted by atomic mass is 16.7. The molecule has 2 amide bonds. The number of aliphatic hydroxyl groups excluding tert-OH is 2. The molecule has 4 rings (SSSR count). The Balaban J connectivity index is 1.68. The summed E-state index contributed by atoms with van der Waals surface area (Å²) in [6, 6.07) is -2.44. The van der Waals surface area contributed by atoms with Crippen LogP contribution in [0.4, 0.5) is 10.6 Å². The number of nitrogens with one attached hydrogen (secondary N) is 1. The summed E-state index contributed by atoms with van der Waals surface area (Å²) in [6.07, 6.45) is -13.3. The highest BCUT2D eigenvalue weighted by Crippen LogP contribution is 2.39. The molecule has 18 nitrogen and oxygen atoms in total. The number of aliphatic hydroxyl groups is 2. The van der Waals surface area contributed by atoms with Gasteiger partial charge in [-0.3, -0.25) is 4.57 Å². The average Bonchev–Trinajstić information content (AvgIpc) is 3.13. The number of ether oxygens (including phenoxy) is 4. The number of nitrogen functional groups attached to an aromatic ring is 1. The first-order valence-electron chi connectivity index (χ1n) is 11.0. The Morgan fingerprint density at radius 3 is 2.41 bits per heavy atom. The number of carboxylic acids is 2. The van der Waals surface area contributed by atoms with Gasteiger partial charge in [-0.1, -0.05) is 0 Å². The Kier molecular flexibility index (Phi) is 7.33. The fourth-order valence-corrected chi connectivity index (χ4v) is 4.59. The molecule has 0 aliphatic carbocycles. The van der Waals surface area contributed by atoms with Crippen LogP contribution in [-0.4, -0.2) is 109 Å². The maximum Gasteiger partial charge on any atom is 0.351 e. The van der Waals surface area contributed by atoms with Crippen LogP contribution in [-0.2, 0) is 28.5 Å². The van der Waals surface area contributed by atoms with Crippen molar-refractivity contribution in [2.75, 3.05) is 5.73 Å². The number of hydrogen-bond donors (Lipinski definition) is 8. The Hall–Kier alpha value is -3.39. The minimum absolute atomic E-state index is 0.0982. The molecular weight excluding hydrogens is 504 g/mol. The number of aromatic nitrogens is 2. The number of anilines is 1. The monoisotopic (exact) mass is 530 g/mol. The number of primary amides is 1. The highest BCUT2D eigenvalue weighted by Gasteiger charge is 2.60. The van der Waals surface area contributed by atoms with E-state index in [-0.39, 0.29) is 12.2 Å². The number of carboxylic acid groups (broad SMARTS) is 2. The summed E-state index contributed by atoms with van der Waals surface area (Å²) in [5, 5.41) is 42.7. The standard InChI is InChI=1S/C19H26N6O12/c20-4-3-5(15(28)29)34-17(8(4)26)37-11-7(24-18(22)32)10-12(35-13(11)16(30)31)9(27)14(36-10)25-2-1-6(21)23-19(25)33/h1-2,4-5,7-14,17,26-27H,3,20H2,(H,28,29)(H,30,31)(H2,21,23,33)(H3,22,24,32). The molecule has 4 heterocycles. The zero-order valence-electron chi connectivity index (χ0n) is 18.9. The van der Waals surface area contributed by atoms with Gasteiger partial charge in [-0.05, 0) is 6.07 Å². The number of fused-ring (bicyclic) bond motifs is 1. The van der Waals surface area contributed by atoms with E-state index in [1.807, 2.05) is 0 Å². The summed E-state index contributed by atoms with van der Waals surface area (Å²) >= 11 is 0. The number of aliphatic carboxylic acids is 2. The van der Waals surface area contributed by atoms with E-state index in [4.69, 9.17) is 36.1 Å². The minimum atomic E-state index is -1.91. The second-order valence-corrected chi connectivity index (χ2v) is 8.74. The topological polar surface area (TPSA) is 294 Å². The molecule has 3 saturated heterocycles. The molecule has 0 spiro atoms. The zero-order chi connectivity index (χ0) is 27.2. The largest absolute Gasteiger partial charge is 0.479 e. The van der Waals surface area contributed by atoms with Crippen LogP contribution in [0.3, 0.4) is 0 Å². The van der Waals surface area contributed by atoms with Gasteiger partial charge < -0.3 is 61.9 Å². The third-order valence-electron chi connectivity index (χ3n) is 6.31. The van der Waals surface area contributed by atoms with Crippen molar-refractivity contribution in [2.24, 2.45) is 11.5 Å². The lowest BCUT2D eigenvalue weighted by molar-refractivity contribution is -0.293. The number of hydrogen-bond acceptors (Lipinski definition) is 13. The van der Waals surface area contributed by atoms with Crippen molar-refractivity contribution in [3.8, 4) is 0 Å². The predicted octanol–water partition coefficient (Wildman–Crippen LogP) is -4.75. The maximum atomic E-state index is 12.3. The summed E-state index contributed by atoms with van der Waals surface area (Å²) in [4.78, 5) is 51.3. The van der Waals surface area contributed by atoms with Crippen molar-refractivity contribution >= 4 is 23.8 Å². The lowest BCUT2D eigenvalue weighted by Crippen LogP contribution is -2.68. The molecule has 37 heavy (non-hydrogen) atoms. The van der Waals surface area contributed by atoms with E-state index in [2.05, 4.69) is 10.3 Å². The van der Waals surface area contributed by atoms with E-state index >= 15 is 0 Å². The van der Waals surface area contributed by atoms with Gasteiger partial charge in [0.05, 0.1) is 6.04 Å². The fraction of sp³-hybridized carbons (Fsp3) is 0.632. The number of rotatable bonds is 6. The highest BCUT2D eigenvalue weighted by molar-refractivity contribution is 5.75. The smallest absolute Gasteiger partial charge is 0.351 e. The van der Waals surface area contributed by atoms with Gasteiger partial charge in [0.25, 0.3) is 0 Å². The van der Waals surface area contributed by atoms with E-state index < -0.39 is 91.0 Å². The Morgan fingerprint density at radius 2 is 1.81 bits per heavy atom. The lowest BCUT2D eigenvalue weighted by Gasteiger charge is -2.45. The summed E-state index contributed by atoms with van der Waals surface area (Å²) in [6.45, 7) is 0. The van der Waals surface area contributed by atoms with Crippen LogP contribution >= 0.6 is 0 Å². The van der Waals surface area contributed by atoms with Crippen molar-refractivity contribution in [3.05, 3.63) is 22.7 Å². The first-order valence-corrected chi connectivity index (χ1v) is 11.0. The zero-order valence-corrected chi connectivity index (χ0v) is 18.9. The van der Waals surface area contributed by atoms with Crippen LogP contribution in [0.1, 0.15) is 12.6 Å². The molecule has 0 saturated carbocycles. The quantitative estimate of drug-likeness (QED) is 0.171. The second kappa shape index (κ2) is 10.2. The molecule has 3 aliphatic heterocycles. The predicted molar refractivity (Wildman–Crippen MR) is 115 cm³/mol. The molecule has 11 atom stereocenters. The van der Waals surface area contributed by atoms with Gasteiger partial charge >= 0.3 is 23.7 Å². The molecule has 18 heteroatoms. The van der Waals surface area contributed by atoms with E-state index in [9.17, 15) is 39.6 Å². The average molecular weight is 530 g/mol. The second-order valence-electron chi connectivity index (χ2n) is 8.74. The molecule has 11 unspecified atom stereocenters. The van der Waals surface area contributed by atoms with E-state index in [0.717, 1.165) is 4.57 Å². The number of carbonyl (C=O) groups excluding carboxylic acids is 1.